The summed E-state index contributed by atoms with van der Waals surface area (Å²) in [6, 6.07) is 9.31. The summed E-state index contributed by atoms with van der Waals surface area (Å²) in [7, 11) is 2.03. The molecular formula is C17H20N4O3S. The van der Waals surface area contributed by atoms with Crippen molar-refractivity contribution in [3.05, 3.63) is 40.8 Å². The molecule has 2 aliphatic rings. The molecule has 1 N–H and O–H groups in total. The summed E-state index contributed by atoms with van der Waals surface area (Å²) in [5.74, 6) is -0.778. The van der Waals surface area contributed by atoms with Crippen molar-refractivity contribution in [2.75, 3.05) is 39.8 Å². The van der Waals surface area contributed by atoms with E-state index in [0.29, 0.717) is 4.91 Å². The molecule has 132 valence electrons. The Kier molecular flexibility index (Phi) is 5.52. The molecule has 0 bridgehead atoms. The summed E-state index contributed by atoms with van der Waals surface area (Å²) in [6.45, 7) is 2.91. The van der Waals surface area contributed by atoms with Crippen LogP contribution < -0.4 is 5.43 Å². The van der Waals surface area contributed by atoms with Crippen molar-refractivity contribution in [2.24, 2.45) is 0 Å². The van der Waals surface area contributed by atoms with Crippen LogP contribution in [0.1, 0.15) is 5.56 Å². The van der Waals surface area contributed by atoms with Crippen LogP contribution in [0.5, 0.6) is 0 Å². The Morgan fingerprint density at radius 2 is 1.84 bits per heavy atom. The minimum absolute atomic E-state index is 0.261. The van der Waals surface area contributed by atoms with Gasteiger partial charge in [-0.25, -0.2) is 5.01 Å². The number of nitrogens with zero attached hydrogens (tertiary/aromatic N) is 3. The molecule has 25 heavy (non-hydrogen) atoms. The summed E-state index contributed by atoms with van der Waals surface area (Å²) in [4.78, 5) is 40.2. The molecule has 2 heterocycles. The van der Waals surface area contributed by atoms with Crippen molar-refractivity contribution in [2.45, 2.75) is 0 Å². The number of benzene rings is 1. The van der Waals surface area contributed by atoms with Crippen molar-refractivity contribution < 1.29 is 14.4 Å². The zero-order chi connectivity index (χ0) is 17.8. The van der Waals surface area contributed by atoms with E-state index in [1.54, 1.807) is 6.08 Å². The van der Waals surface area contributed by atoms with Crippen molar-refractivity contribution >= 4 is 34.9 Å². The fourth-order valence-corrected chi connectivity index (χ4v) is 3.45. The lowest BCUT2D eigenvalue weighted by atomic mass is 10.2. The lowest BCUT2D eigenvalue weighted by Gasteiger charge is -2.32. The molecule has 2 fully saturated rings. The minimum atomic E-state index is -0.424. The van der Waals surface area contributed by atoms with Crippen LogP contribution in [0.3, 0.4) is 0 Å². The summed E-state index contributed by atoms with van der Waals surface area (Å²) in [5, 5.41) is 1.40. The number of imide groups is 1. The molecule has 7 nitrogen and oxygen atoms in total. The molecule has 0 radical (unpaired) electrons. The predicted octanol–water partition coefficient (Wildman–Crippen LogP) is 1.00. The summed E-state index contributed by atoms with van der Waals surface area (Å²) >= 11 is 0.863. The van der Waals surface area contributed by atoms with Crippen molar-refractivity contribution in [1.29, 1.82) is 0 Å². The molecule has 2 saturated heterocycles. The van der Waals surface area contributed by atoms with E-state index in [9.17, 15) is 14.4 Å². The maximum atomic E-state index is 12.4. The summed E-state index contributed by atoms with van der Waals surface area (Å²) < 4.78 is 0. The van der Waals surface area contributed by atoms with Crippen LogP contribution >= 0.6 is 11.8 Å². The van der Waals surface area contributed by atoms with Crippen molar-refractivity contribution in [3.63, 3.8) is 0 Å². The minimum Gasteiger partial charge on any atom is -0.304 e. The van der Waals surface area contributed by atoms with Crippen LogP contribution in [0.15, 0.2) is 35.2 Å². The second-order valence-electron chi connectivity index (χ2n) is 6.00. The van der Waals surface area contributed by atoms with Crippen LogP contribution in [0.25, 0.3) is 6.08 Å². The number of hydrogen-bond donors (Lipinski definition) is 1. The Labute approximate surface area is 150 Å². The van der Waals surface area contributed by atoms with Crippen molar-refractivity contribution in [1.82, 2.24) is 20.2 Å². The van der Waals surface area contributed by atoms with E-state index >= 15 is 0 Å². The molecule has 0 saturated carbocycles. The van der Waals surface area contributed by atoms with Gasteiger partial charge in [-0.3, -0.25) is 24.7 Å². The largest absolute Gasteiger partial charge is 0.304 e. The van der Waals surface area contributed by atoms with E-state index < -0.39 is 11.1 Å². The lowest BCUT2D eigenvalue weighted by Crippen LogP contribution is -2.54. The molecule has 0 aromatic heterocycles. The molecule has 1 aromatic rings. The predicted molar refractivity (Wildman–Crippen MR) is 96.3 cm³/mol. The Balaban J connectivity index is 1.59. The normalized spacial score (nSPS) is 21.2. The summed E-state index contributed by atoms with van der Waals surface area (Å²) in [6.07, 6.45) is 1.67. The fourth-order valence-electron chi connectivity index (χ4n) is 2.61. The molecule has 1 aromatic carbocycles. The number of hydrazine groups is 1. The monoisotopic (exact) mass is 360 g/mol. The van der Waals surface area contributed by atoms with Gasteiger partial charge in [0.05, 0.1) is 4.91 Å². The molecule has 0 aliphatic carbocycles. The maximum Gasteiger partial charge on any atom is 0.294 e. The first-order valence-corrected chi connectivity index (χ1v) is 8.88. The topological polar surface area (TPSA) is 73.0 Å². The Morgan fingerprint density at radius 3 is 2.52 bits per heavy atom. The van der Waals surface area contributed by atoms with Gasteiger partial charge >= 0.3 is 0 Å². The highest BCUT2D eigenvalue weighted by atomic mass is 32.2. The third kappa shape index (κ3) is 4.47. The van der Waals surface area contributed by atoms with Crippen LogP contribution in [-0.4, -0.2) is 71.6 Å². The zero-order valence-electron chi connectivity index (χ0n) is 14.0. The lowest BCUT2D eigenvalue weighted by molar-refractivity contribution is -0.132. The third-order valence-electron chi connectivity index (χ3n) is 4.06. The highest BCUT2D eigenvalue weighted by Crippen LogP contribution is 2.31. The molecule has 3 rings (SSSR count). The Bertz CT molecular complexity index is 699. The molecule has 2 aliphatic heterocycles. The summed E-state index contributed by atoms with van der Waals surface area (Å²) in [5.41, 5.74) is 3.61. The SMILES string of the molecule is CN1CCN(NC(=O)CN2C(=O)SC(=Cc3ccccc3)C2=O)CC1. The van der Waals surface area contributed by atoms with Crippen LogP contribution in [0.2, 0.25) is 0 Å². The highest BCUT2D eigenvalue weighted by Gasteiger charge is 2.36. The van der Waals surface area contributed by atoms with Gasteiger partial charge in [-0.15, -0.1) is 0 Å². The van der Waals surface area contributed by atoms with Crippen LogP contribution in [-0.2, 0) is 9.59 Å². The fraction of sp³-hybridized carbons (Fsp3) is 0.353. The number of carbonyl (C=O) groups is 3. The third-order valence-corrected chi connectivity index (χ3v) is 4.97. The molecule has 0 atom stereocenters. The number of rotatable bonds is 4. The maximum absolute atomic E-state index is 12.4. The number of carbonyl (C=O) groups excluding carboxylic acids is 3. The van der Waals surface area contributed by atoms with E-state index in [0.717, 1.165) is 48.4 Å². The van der Waals surface area contributed by atoms with Crippen LogP contribution in [0.4, 0.5) is 4.79 Å². The number of piperazine rings is 1. The van der Waals surface area contributed by atoms with Gasteiger partial charge < -0.3 is 4.90 Å². The van der Waals surface area contributed by atoms with Gasteiger partial charge in [-0.1, -0.05) is 30.3 Å². The number of amides is 3. The Morgan fingerprint density at radius 1 is 1.16 bits per heavy atom. The molecule has 0 unspecified atom stereocenters. The van der Waals surface area contributed by atoms with Gasteiger partial charge in [0.25, 0.3) is 17.1 Å². The van der Waals surface area contributed by atoms with Crippen LogP contribution in [0, 0.1) is 0 Å². The second kappa shape index (κ2) is 7.81. The van der Waals surface area contributed by atoms with Gasteiger partial charge in [0.2, 0.25) is 0 Å². The molecule has 3 amide bonds. The van der Waals surface area contributed by atoms with E-state index in [2.05, 4.69) is 10.3 Å². The number of hydrogen-bond acceptors (Lipinski definition) is 6. The number of thioether (sulfide) groups is 1. The highest BCUT2D eigenvalue weighted by molar-refractivity contribution is 8.18. The Hall–Kier alpha value is -2.16. The first-order chi connectivity index (χ1) is 12.0. The molecule has 0 spiro atoms. The van der Waals surface area contributed by atoms with E-state index in [-0.39, 0.29) is 12.5 Å². The zero-order valence-corrected chi connectivity index (χ0v) is 14.8. The average Bonchev–Trinajstić information content (AvgIpc) is 2.85. The molecular weight excluding hydrogens is 340 g/mol. The average molecular weight is 360 g/mol. The van der Waals surface area contributed by atoms with Gasteiger partial charge in [0.15, 0.2) is 0 Å². The standard InChI is InChI=1S/C17H20N4O3S/c1-19-7-9-20(10-8-19)18-15(22)12-21-16(23)14(25-17(21)24)11-13-5-3-2-4-6-13/h2-6,11H,7-10,12H2,1H3,(H,18,22). The second-order valence-corrected chi connectivity index (χ2v) is 7.00. The first-order valence-electron chi connectivity index (χ1n) is 8.06. The number of nitrogens with one attached hydrogen (secondary N) is 1. The smallest absolute Gasteiger partial charge is 0.294 e. The van der Waals surface area contributed by atoms with Crippen molar-refractivity contribution in [3.8, 4) is 0 Å². The molecule has 8 heteroatoms. The van der Waals surface area contributed by atoms with Gasteiger partial charge in [0.1, 0.15) is 6.54 Å². The van der Waals surface area contributed by atoms with Gasteiger partial charge in [-0.2, -0.15) is 0 Å². The quantitative estimate of drug-likeness (QED) is 0.808. The first kappa shape index (κ1) is 17.7. The van der Waals surface area contributed by atoms with E-state index in [1.165, 1.54) is 0 Å². The number of likely N-dealkylation sites (N-methyl/N-ethyl adjacent to an activating group) is 1. The van der Waals surface area contributed by atoms with E-state index in [1.807, 2.05) is 42.4 Å². The van der Waals surface area contributed by atoms with Gasteiger partial charge in [-0.05, 0) is 30.4 Å². The van der Waals surface area contributed by atoms with E-state index in [4.69, 9.17) is 0 Å². The van der Waals surface area contributed by atoms with Gasteiger partial charge in [0, 0.05) is 26.2 Å².